The van der Waals surface area contributed by atoms with Gasteiger partial charge in [0.25, 0.3) is 11.8 Å². The molecule has 2 aromatic carbocycles. The molecule has 0 spiro atoms. The Morgan fingerprint density at radius 2 is 1.92 bits per heavy atom. The van der Waals surface area contributed by atoms with E-state index in [1.165, 1.54) is 7.11 Å². The summed E-state index contributed by atoms with van der Waals surface area (Å²) in [6, 6.07) is 11.8. The van der Waals surface area contributed by atoms with E-state index in [9.17, 15) is 14.4 Å². The zero-order chi connectivity index (χ0) is 18.8. The summed E-state index contributed by atoms with van der Waals surface area (Å²) in [5.41, 5.74) is 1.47. The number of rotatable bonds is 4. The van der Waals surface area contributed by atoms with Gasteiger partial charge in [-0.3, -0.25) is 19.3 Å². The highest BCUT2D eigenvalue weighted by atomic mass is 16.5. The van der Waals surface area contributed by atoms with Crippen LogP contribution in [0.5, 0.6) is 11.5 Å². The van der Waals surface area contributed by atoms with E-state index in [4.69, 9.17) is 9.47 Å². The summed E-state index contributed by atoms with van der Waals surface area (Å²) >= 11 is 0. The number of para-hydroxylation sites is 1. The number of ether oxygens (including phenoxy) is 2. The number of ketones is 1. The van der Waals surface area contributed by atoms with Gasteiger partial charge in [-0.2, -0.15) is 0 Å². The molecule has 0 bridgehead atoms. The summed E-state index contributed by atoms with van der Waals surface area (Å²) in [5.74, 6) is -0.735. The van der Waals surface area contributed by atoms with Gasteiger partial charge in [-0.1, -0.05) is 23.8 Å². The standard InChI is InChI=1S/C20H19NO5/c1-12-8-9-17(25-3)15(10-12)16(22)11-21-19(23)13(2)26-18-7-5-4-6-14(18)20(21)24/h4-10,13H,11H2,1-3H3/t13-/m1/s1. The summed E-state index contributed by atoms with van der Waals surface area (Å²) < 4.78 is 10.8. The first kappa shape index (κ1) is 17.7. The van der Waals surface area contributed by atoms with E-state index in [0.717, 1.165) is 10.5 Å². The van der Waals surface area contributed by atoms with Crippen LogP contribution in [-0.2, 0) is 4.79 Å². The molecule has 2 aromatic rings. The van der Waals surface area contributed by atoms with Crippen molar-refractivity contribution in [2.45, 2.75) is 20.0 Å². The van der Waals surface area contributed by atoms with Gasteiger partial charge in [-0.15, -0.1) is 0 Å². The molecule has 26 heavy (non-hydrogen) atoms. The number of aryl methyl sites for hydroxylation is 1. The normalized spacial score (nSPS) is 16.6. The van der Waals surface area contributed by atoms with Crippen molar-refractivity contribution in [3.8, 4) is 11.5 Å². The molecule has 0 radical (unpaired) electrons. The van der Waals surface area contributed by atoms with Crippen LogP contribution in [0.1, 0.15) is 33.2 Å². The predicted molar refractivity (Wildman–Crippen MR) is 94.6 cm³/mol. The average molecular weight is 353 g/mol. The zero-order valence-corrected chi connectivity index (χ0v) is 14.8. The molecular weight excluding hydrogens is 334 g/mol. The third kappa shape index (κ3) is 3.18. The molecule has 6 nitrogen and oxygen atoms in total. The van der Waals surface area contributed by atoms with Gasteiger partial charge in [0.2, 0.25) is 0 Å². The van der Waals surface area contributed by atoms with E-state index in [2.05, 4.69) is 0 Å². The maximum atomic E-state index is 12.8. The molecule has 2 amide bonds. The van der Waals surface area contributed by atoms with E-state index in [1.807, 2.05) is 13.0 Å². The van der Waals surface area contributed by atoms with E-state index in [1.54, 1.807) is 43.3 Å². The number of hydrogen-bond acceptors (Lipinski definition) is 5. The summed E-state index contributed by atoms with van der Waals surface area (Å²) in [6.45, 7) is 3.03. The molecule has 6 heteroatoms. The van der Waals surface area contributed by atoms with Crippen molar-refractivity contribution in [1.82, 2.24) is 4.90 Å². The van der Waals surface area contributed by atoms with Crippen LogP contribution in [0.15, 0.2) is 42.5 Å². The lowest BCUT2D eigenvalue weighted by molar-refractivity contribution is -0.134. The molecule has 0 unspecified atom stereocenters. The van der Waals surface area contributed by atoms with E-state index in [0.29, 0.717) is 17.1 Å². The molecule has 134 valence electrons. The Kier molecular flexibility index (Phi) is 4.75. The molecule has 0 saturated carbocycles. The van der Waals surface area contributed by atoms with Crippen molar-refractivity contribution in [3.63, 3.8) is 0 Å². The molecule has 1 atom stereocenters. The molecule has 0 N–H and O–H groups in total. The minimum Gasteiger partial charge on any atom is -0.496 e. The second-order valence-electron chi connectivity index (χ2n) is 6.11. The quantitative estimate of drug-likeness (QED) is 0.624. The number of imide groups is 1. The van der Waals surface area contributed by atoms with E-state index >= 15 is 0 Å². The fraction of sp³-hybridized carbons (Fsp3) is 0.250. The van der Waals surface area contributed by atoms with Crippen molar-refractivity contribution in [1.29, 1.82) is 0 Å². The monoisotopic (exact) mass is 353 g/mol. The lowest BCUT2D eigenvalue weighted by atomic mass is 10.1. The van der Waals surface area contributed by atoms with Gasteiger partial charge in [0.1, 0.15) is 11.5 Å². The van der Waals surface area contributed by atoms with Crippen molar-refractivity contribution in [2.75, 3.05) is 13.7 Å². The van der Waals surface area contributed by atoms with Crippen LogP contribution >= 0.6 is 0 Å². The Labute approximate surface area is 151 Å². The maximum Gasteiger partial charge on any atom is 0.270 e. The molecule has 0 aromatic heterocycles. The average Bonchev–Trinajstić information content (AvgIpc) is 2.72. The minimum atomic E-state index is -0.866. The topological polar surface area (TPSA) is 72.9 Å². The van der Waals surface area contributed by atoms with Gasteiger partial charge in [-0.25, -0.2) is 0 Å². The number of benzene rings is 2. The number of carbonyl (C=O) groups excluding carboxylic acids is 3. The zero-order valence-electron chi connectivity index (χ0n) is 14.8. The van der Waals surface area contributed by atoms with Crippen molar-refractivity contribution < 1.29 is 23.9 Å². The smallest absolute Gasteiger partial charge is 0.270 e. The lowest BCUT2D eigenvalue weighted by Crippen LogP contribution is -2.44. The number of hydrogen-bond donors (Lipinski definition) is 0. The number of Topliss-reactive ketones (excluding diaryl/α,β-unsaturated/α-hetero) is 1. The Morgan fingerprint density at radius 3 is 2.65 bits per heavy atom. The molecule has 1 aliphatic rings. The van der Waals surface area contributed by atoms with Crippen LogP contribution in [0.3, 0.4) is 0 Å². The Hall–Kier alpha value is -3.15. The highest BCUT2D eigenvalue weighted by Crippen LogP contribution is 2.26. The Bertz CT molecular complexity index is 890. The van der Waals surface area contributed by atoms with Crippen LogP contribution in [-0.4, -0.2) is 42.3 Å². The van der Waals surface area contributed by atoms with Crippen LogP contribution in [0.25, 0.3) is 0 Å². The van der Waals surface area contributed by atoms with Gasteiger partial charge in [-0.05, 0) is 38.1 Å². The molecule has 0 saturated heterocycles. The molecule has 3 rings (SSSR count). The lowest BCUT2D eigenvalue weighted by Gasteiger charge is -2.20. The van der Waals surface area contributed by atoms with Crippen LogP contribution < -0.4 is 9.47 Å². The highest BCUT2D eigenvalue weighted by molar-refractivity contribution is 6.12. The van der Waals surface area contributed by atoms with Crippen molar-refractivity contribution >= 4 is 17.6 Å². The summed E-state index contributed by atoms with van der Waals surface area (Å²) in [5, 5.41) is 0. The van der Waals surface area contributed by atoms with E-state index in [-0.39, 0.29) is 17.9 Å². The van der Waals surface area contributed by atoms with Gasteiger partial charge < -0.3 is 9.47 Å². The number of methoxy groups -OCH3 is 1. The largest absolute Gasteiger partial charge is 0.496 e. The van der Waals surface area contributed by atoms with Crippen molar-refractivity contribution in [2.24, 2.45) is 0 Å². The third-order valence-electron chi connectivity index (χ3n) is 4.24. The SMILES string of the molecule is COc1ccc(C)cc1C(=O)CN1C(=O)c2ccccc2O[C@H](C)C1=O. The van der Waals surface area contributed by atoms with Gasteiger partial charge in [0, 0.05) is 0 Å². The van der Waals surface area contributed by atoms with Gasteiger partial charge in [0.05, 0.1) is 24.8 Å². The fourth-order valence-corrected chi connectivity index (χ4v) is 2.87. The molecule has 0 aliphatic carbocycles. The number of fused-ring (bicyclic) bond motifs is 1. The minimum absolute atomic E-state index is 0.259. The summed E-state index contributed by atoms with van der Waals surface area (Å²) in [6.07, 6.45) is -0.866. The second kappa shape index (κ2) is 7.00. The fourth-order valence-electron chi connectivity index (χ4n) is 2.87. The number of nitrogens with zero attached hydrogens (tertiary/aromatic N) is 1. The number of amides is 2. The molecule has 1 aliphatic heterocycles. The van der Waals surface area contributed by atoms with Gasteiger partial charge >= 0.3 is 0 Å². The third-order valence-corrected chi connectivity index (χ3v) is 4.24. The predicted octanol–water partition coefficient (Wildman–Crippen LogP) is 2.64. The first-order valence-electron chi connectivity index (χ1n) is 8.21. The van der Waals surface area contributed by atoms with Crippen LogP contribution in [0, 0.1) is 6.92 Å². The van der Waals surface area contributed by atoms with Crippen LogP contribution in [0.4, 0.5) is 0 Å². The summed E-state index contributed by atoms with van der Waals surface area (Å²) in [4.78, 5) is 39.2. The molecular formula is C20H19NO5. The molecule has 1 heterocycles. The highest BCUT2D eigenvalue weighted by Gasteiger charge is 2.35. The molecule has 0 fully saturated rings. The van der Waals surface area contributed by atoms with E-state index < -0.39 is 17.9 Å². The number of carbonyl (C=O) groups is 3. The second-order valence-corrected chi connectivity index (χ2v) is 6.11. The summed E-state index contributed by atoms with van der Waals surface area (Å²) in [7, 11) is 1.47. The first-order chi connectivity index (χ1) is 12.4. The Morgan fingerprint density at radius 1 is 1.19 bits per heavy atom. The maximum absolute atomic E-state index is 12.8. The van der Waals surface area contributed by atoms with Gasteiger partial charge in [0.15, 0.2) is 11.9 Å². The van der Waals surface area contributed by atoms with Crippen LogP contribution in [0.2, 0.25) is 0 Å². The van der Waals surface area contributed by atoms with Crippen molar-refractivity contribution in [3.05, 3.63) is 59.2 Å². The first-order valence-corrected chi connectivity index (χ1v) is 8.21. The Balaban J connectivity index is 1.95.